The zero-order chi connectivity index (χ0) is 28.4. The number of methoxy groups -OCH3 is 1. The van der Waals surface area contributed by atoms with Crippen LogP contribution in [0.15, 0.2) is 36.5 Å². The van der Waals surface area contributed by atoms with E-state index in [9.17, 15) is 14.4 Å². The second-order valence-electron chi connectivity index (χ2n) is 11.5. The van der Waals surface area contributed by atoms with Crippen LogP contribution in [0.5, 0.6) is 5.75 Å². The van der Waals surface area contributed by atoms with Crippen LogP contribution >= 0.6 is 0 Å². The highest BCUT2D eigenvalue weighted by molar-refractivity contribution is 6.07. The van der Waals surface area contributed by atoms with E-state index >= 15 is 0 Å². The Morgan fingerprint density at radius 3 is 2.29 bits per heavy atom. The Morgan fingerprint density at radius 1 is 1.03 bits per heavy atom. The fraction of sp³-hybridized carbons (Fsp3) is 0.393. The standard InChI is InChI=1S/C28H36N6O4/c1-16-9-10-17(11-22(16)34-14-21(32-33-34)26(37)30-15-27(2,3)4)25(36)31-20-13-18(28(5,6)7)12-19(24(29)35)23(20)38-8/h9-14H,15H2,1-8H3,(H2,29,35)(H,30,37)(H,31,36). The number of aryl methyl sites for hydroxylation is 1. The van der Waals surface area contributed by atoms with E-state index < -0.39 is 11.8 Å². The number of rotatable bonds is 7. The smallest absolute Gasteiger partial charge is 0.273 e. The average molecular weight is 521 g/mol. The molecular formula is C28H36N6O4. The molecule has 202 valence electrons. The van der Waals surface area contributed by atoms with E-state index in [2.05, 4.69) is 20.9 Å². The van der Waals surface area contributed by atoms with Crippen LogP contribution in [0.4, 0.5) is 5.69 Å². The third kappa shape index (κ3) is 6.56. The molecule has 10 nitrogen and oxygen atoms in total. The lowest BCUT2D eigenvalue weighted by atomic mass is 9.85. The van der Waals surface area contributed by atoms with Crippen molar-refractivity contribution < 1.29 is 19.1 Å². The number of nitrogens with two attached hydrogens (primary N) is 1. The van der Waals surface area contributed by atoms with Crippen molar-refractivity contribution in [3.05, 3.63) is 64.5 Å². The van der Waals surface area contributed by atoms with E-state index in [1.54, 1.807) is 30.3 Å². The van der Waals surface area contributed by atoms with Gasteiger partial charge in [0.1, 0.15) is 0 Å². The highest BCUT2D eigenvalue weighted by Crippen LogP contribution is 2.35. The number of aromatic nitrogens is 3. The van der Waals surface area contributed by atoms with Gasteiger partial charge in [-0.05, 0) is 53.1 Å². The topological polar surface area (TPSA) is 141 Å². The molecule has 0 unspecified atom stereocenters. The first-order valence-corrected chi connectivity index (χ1v) is 12.3. The maximum atomic E-state index is 13.3. The highest BCUT2D eigenvalue weighted by Gasteiger charge is 2.23. The van der Waals surface area contributed by atoms with Gasteiger partial charge in [-0.25, -0.2) is 4.68 Å². The van der Waals surface area contributed by atoms with Gasteiger partial charge in [-0.3, -0.25) is 14.4 Å². The van der Waals surface area contributed by atoms with E-state index in [4.69, 9.17) is 10.5 Å². The molecule has 0 aliphatic rings. The number of carbonyl (C=O) groups excluding carboxylic acids is 3. The molecule has 0 spiro atoms. The molecule has 3 amide bonds. The van der Waals surface area contributed by atoms with Crippen LogP contribution in [0.25, 0.3) is 5.69 Å². The van der Waals surface area contributed by atoms with Crippen LogP contribution in [0.3, 0.4) is 0 Å². The zero-order valence-corrected chi connectivity index (χ0v) is 23.2. The second kappa shape index (κ2) is 10.6. The molecule has 4 N–H and O–H groups in total. The number of nitrogens with one attached hydrogen (secondary N) is 2. The summed E-state index contributed by atoms with van der Waals surface area (Å²) < 4.78 is 6.91. The molecule has 38 heavy (non-hydrogen) atoms. The van der Waals surface area contributed by atoms with E-state index in [0.29, 0.717) is 23.5 Å². The number of anilines is 1. The fourth-order valence-corrected chi connectivity index (χ4v) is 3.67. The van der Waals surface area contributed by atoms with E-state index in [1.165, 1.54) is 18.0 Å². The van der Waals surface area contributed by atoms with E-state index in [1.807, 2.05) is 48.5 Å². The minimum atomic E-state index is -0.658. The van der Waals surface area contributed by atoms with Crippen LogP contribution in [-0.2, 0) is 5.41 Å². The molecule has 0 aliphatic carbocycles. The first-order valence-electron chi connectivity index (χ1n) is 12.3. The quantitative estimate of drug-likeness (QED) is 0.430. The van der Waals surface area contributed by atoms with Crippen LogP contribution in [0.2, 0.25) is 0 Å². The van der Waals surface area contributed by atoms with Gasteiger partial charge in [-0.2, -0.15) is 0 Å². The van der Waals surface area contributed by atoms with Gasteiger partial charge in [0, 0.05) is 12.1 Å². The van der Waals surface area contributed by atoms with E-state index in [0.717, 1.165) is 11.1 Å². The monoisotopic (exact) mass is 520 g/mol. The number of nitrogens with zero attached hydrogens (tertiary/aromatic N) is 3. The predicted octanol–water partition coefficient (Wildman–Crippen LogP) is 4.01. The summed E-state index contributed by atoms with van der Waals surface area (Å²) in [6, 6.07) is 8.57. The van der Waals surface area contributed by atoms with Crippen molar-refractivity contribution in [2.45, 2.75) is 53.9 Å². The summed E-state index contributed by atoms with van der Waals surface area (Å²) in [4.78, 5) is 37.9. The van der Waals surface area contributed by atoms with Crippen LogP contribution in [-0.4, -0.2) is 46.4 Å². The number of hydrogen-bond acceptors (Lipinski definition) is 6. The van der Waals surface area contributed by atoms with Gasteiger partial charge in [0.25, 0.3) is 17.7 Å². The number of hydrogen-bond donors (Lipinski definition) is 3. The summed E-state index contributed by atoms with van der Waals surface area (Å²) in [6.45, 7) is 14.4. The van der Waals surface area contributed by atoms with E-state index in [-0.39, 0.29) is 33.7 Å². The summed E-state index contributed by atoms with van der Waals surface area (Å²) in [5, 5.41) is 13.8. The molecule has 0 radical (unpaired) electrons. The molecule has 0 bridgehead atoms. The molecule has 2 aromatic carbocycles. The van der Waals surface area contributed by atoms with Crippen LogP contribution in [0.1, 0.15) is 83.9 Å². The van der Waals surface area contributed by atoms with Crippen molar-refractivity contribution in [3.8, 4) is 11.4 Å². The molecular weight excluding hydrogens is 484 g/mol. The van der Waals surface area contributed by atoms with Gasteiger partial charge in [-0.15, -0.1) is 5.10 Å². The maximum absolute atomic E-state index is 13.3. The fourth-order valence-electron chi connectivity index (χ4n) is 3.67. The molecule has 0 fully saturated rings. The van der Waals surface area contributed by atoms with Crippen LogP contribution < -0.4 is 21.1 Å². The average Bonchev–Trinajstić information content (AvgIpc) is 3.31. The minimum absolute atomic E-state index is 0.0722. The number of ether oxygens (including phenoxy) is 1. The largest absolute Gasteiger partial charge is 0.494 e. The van der Waals surface area contributed by atoms with Crippen molar-refractivity contribution in [2.75, 3.05) is 19.0 Å². The lowest BCUT2D eigenvalue weighted by Gasteiger charge is -2.23. The minimum Gasteiger partial charge on any atom is -0.494 e. The summed E-state index contributed by atoms with van der Waals surface area (Å²) in [6.07, 6.45) is 1.52. The first-order chi connectivity index (χ1) is 17.6. The molecule has 0 atom stereocenters. The van der Waals surface area contributed by atoms with Gasteiger partial charge >= 0.3 is 0 Å². The Balaban J connectivity index is 1.93. The number of benzene rings is 2. The summed E-state index contributed by atoms with van der Waals surface area (Å²) in [5.74, 6) is -1.22. The molecule has 0 saturated heterocycles. The van der Waals surface area contributed by atoms with Crippen molar-refractivity contribution in [3.63, 3.8) is 0 Å². The van der Waals surface area contributed by atoms with Gasteiger partial charge in [0.2, 0.25) is 0 Å². The van der Waals surface area contributed by atoms with Crippen molar-refractivity contribution >= 4 is 23.4 Å². The third-order valence-electron chi connectivity index (χ3n) is 5.90. The molecule has 0 saturated carbocycles. The molecule has 1 heterocycles. The Hall–Kier alpha value is -4.21. The molecule has 0 aliphatic heterocycles. The van der Waals surface area contributed by atoms with Gasteiger partial charge in [0.15, 0.2) is 11.4 Å². The number of carbonyl (C=O) groups is 3. The second-order valence-corrected chi connectivity index (χ2v) is 11.5. The lowest BCUT2D eigenvalue weighted by molar-refractivity contribution is 0.0932. The Bertz CT molecular complexity index is 1380. The predicted molar refractivity (Wildman–Crippen MR) is 146 cm³/mol. The number of primary amides is 1. The molecule has 3 rings (SSSR count). The summed E-state index contributed by atoms with van der Waals surface area (Å²) >= 11 is 0. The van der Waals surface area contributed by atoms with Gasteiger partial charge in [0.05, 0.1) is 30.2 Å². The zero-order valence-electron chi connectivity index (χ0n) is 23.2. The summed E-state index contributed by atoms with van der Waals surface area (Å²) in [7, 11) is 1.41. The van der Waals surface area contributed by atoms with Gasteiger partial charge in [-0.1, -0.05) is 52.8 Å². The molecule has 10 heteroatoms. The number of amides is 3. The third-order valence-corrected chi connectivity index (χ3v) is 5.90. The van der Waals surface area contributed by atoms with Crippen LogP contribution in [0, 0.1) is 12.3 Å². The lowest BCUT2D eigenvalue weighted by Crippen LogP contribution is -2.32. The Labute approximate surface area is 222 Å². The SMILES string of the molecule is COc1c(NC(=O)c2ccc(C)c(-n3cc(C(=O)NCC(C)(C)C)nn3)c2)cc(C(C)(C)C)cc1C(N)=O. The first kappa shape index (κ1) is 28.4. The molecule has 3 aromatic rings. The van der Waals surface area contributed by atoms with Crippen molar-refractivity contribution in [2.24, 2.45) is 11.1 Å². The Morgan fingerprint density at radius 2 is 1.71 bits per heavy atom. The highest BCUT2D eigenvalue weighted by atomic mass is 16.5. The normalized spacial score (nSPS) is 11.7. The maximum Gasteiger partial charge on any atom is 0.273 e. The Kier molecular flexibility index (Phi) is 7.95. The van der Waals surface area contributed by atoms with Gasteiger partial charge < -0.3 is 21.1 Å². The summed E-state index contributed by atoms with van der Waals surface area (Å²) in [5.41, 5.74) is 8.48. The van der Waals surface area contributed by atoms with Crippen molar-refractivity contribution in [1.29, 1.82) is 0 Å². The van der Waals surface area contributed by atoms with Crippen molar-refractivity contribution in [1.82, 2.24) is 20.3 Å². The molecule has 1 aromatic heterocycles.